The van der Waals surface area contributed by atoms with Crippen LogP contribution in [-0.2, 0) is 0 Å². The average molecular weight is 268 g/mol. The van der Waals surface area contributed by atoms with Crippen LogP contribution >= 0.6 is 0 Å². The number of phenolic OH excluding ortho intramolecular Hbond substituents is 1. The van der Waals surface area contributed by atoms with Crippen molar-refractivity contribution >= 4 is 12.1 Å². The Morgan fingerprint density at radius 2 is 1.75 bits per heavy atom. The summed E-state index contributed by atoms with van der Waals surface area (Å²) in [6.45, 7) is 3.64. The van der Waals surface area contributed by atoms with E-state index in [2.05, 4.69) is 10.5 Å². The van der Waals surface area contributed by atoms with Gasteiger partial charge in [0.15, 0.2) is 0 Å². The summed E-state index contributed by atoms with van der Waals surface area (Å²) in [6, 6.07) is 12.5. The lowest BCUT2D eigenvalue weighted by Gasteiger charge is -2.04. The predicted molar refractivity (Wildman–Crippen MR) is 79.1 cm³/mol. The van der Waals surface area contributed by atoms with Crippen molar-refractivity contribution in [1.29, 1.82) is 0 Å². The number of nitrogens with zero attached hydrogens (tertiary/aromatic N) is 1. The predicted octanol–water partition coefficient (Wildman–Crippen LogP) is 2.77. The van der Waals surface area contributed by atoms with Crippen molar-refractivity contribution in [2.45, 2.75) is 13.8 Å². The Balaban J connectivity index is 2.06. The Morgan fingerprint density at radius 1 is 1.15 bits per heavy atom. The molecule has 0 spiro atoms. The second-order valence-corrected chi connectivity index (χ2v) is 4.57. The highest BCUT2D eigenvalue weighted by atomic mass is 16.3. The fourth-order valence-corrected chi connectivity index (χ4v) is 1.88. The molecule has 1 amide bonds. The van der Waals surface area contributed by atoms with Crippen LogP contribution in [-0.4, -0.2) is 17.2 Å². The molecule has 4 nitrogen and oxygen atoms in total. The van der Waals surface area contributed by atoms with Gasteiger partial charge in [-0.05, 0) is 54.8 Å². The number of carbonyl (C=O) groups is 1. The maximum absolute atomic E-state index is 11.8. The number of amides is 1. The van der Waals surface area contributed by atoms with Gasteiger partial charge in [-0.2, -0.15) is 5.10 Å². The third kappa shape index (κ3) is 3.23. The van der Waals surface area contributed by atoms with Gasteiger partial charge in [0.05, 0.1) is 6.21 Å². The van der Waals surface area contributed by atoms with Crippen molar-refractivity contribution in [2.75, 3.05) is 0 Å². The first-order valence-corrected chi connectivity index (χ1v) is 6.26. The van der Waals surface area contributed by atoms with Crippen molar-refractivity contribution in [3.63, 3.8) is 0 Å². The molecule has 0 fully saturated rings. The van der Waals surface area contributed by atoms with Crippen LogP contribution in [0.3, 0.4) is 0 Å². The van der Waals surface area contributed by atoms with Crippen LogP contribution in [0.1, 0.15) is 27.0 Å². The summed E-state index contributed by atoms with van der Waals surface area (Å²) >= 11 is 0. The number of carbonyl (C=O) groups excluding carboxylic acids is 1. The minimum absolute atomic E-state index is 0.255. The van der Waals surface area contributed by atoms with Crippen molar-refractivity contribution in [2.24, 2.45) is 5.10 Å². The Morgan fingerprint density at radius 3 is 2.35 bits per heavy atom. The van der Waals surface area contributed by atoms with Crippen LogP contribution in [0.15, 0.2) is 47.6 Å². The zero-order valence-corrected chi connectivity index (χ0v) is 11.4. The highest BCUT2D eigenvalue weighted by molar-refractivity contribution is 5.94. The number of hydrogen-bond donors (Lipinski definition) is 2. The average Bonchev–Trinajstić information content (AvgIpc) is 2.45. The molecule has 0 aliphatic rings. The molecule has 0 aliphatic carbocycles. The van der Waals surface area contributed by atoms with E-state index in [1.807, 2.05) is 19.9 Å². The largest absolute Gasteiger partial charge is 0.507 e. The van der Waals surface area contributed by atoms with Gasteiger partial charge in [-0.15, -0.1) is 0 Å². The third-order valence-corrected chi connectivity index (χ3v) is 2.93. The molecule has 0 heterocycles. The minimum Gasteiger partial charge on any atom is -0.507 e. The number of phenols is 1. The summed E-state index contributed by atoms with van der Waals surface area (Å²) in [5.74, 6) is 0.0320. The van der Waals surface area contributed by atoms with Gasteiger partial charge in [0.25, 0.3) is 5.91 Å². The lowest BCUT2D eigenvalue weighted by atomic mass is 10.1. The van der Waals surface area contributed by atoms with Gasteiger partial charge in [0.1, 0.15) is 5.75 Å². The summed E-state index contributed by atoms with van der Waals surface area (Å²) in [7, 11) is 0. The molecule has 20 heavy (non-hydrogen) atoms. The van der Waals surface area contributed by atoms with Crippen LogP contribution in [0, 0.1) is 13.8 Å². The number of hydrazone groups is 1. The maximum Gasteiger partial charge on any atom is 0.271 e. The van der Waals surface area contributed by atoms with Crippen molar-refractivity contribution in [3.05, 3.63) is 64.7 Å². The molecule has 0 radical (unpaired) electrons. The second kappa shape index (κ2) is 6.02. The standard InChI is InChI=1S/C16H16N2O2/c1-11-8-13(9-12(2)15(11)19)10-17-18-16(20)14-6-4-3-5-7-14/h3-10,19H,1-2H3,(H,18,20)/b17-10-. The van der Waals surface area contributed by atoms with E-state index < -0.39 is 0 Å². The first-order chi connectivity index (χ1) is 9.58. The number of aryl methyl sites for hydroxylation is 2. The first-order valence-electron chi connectivity index (χ1n) is 6.26. The molecule has 2 rings (SSSR count). The summed E-state index contributed by atoms with van der Waals surface area (Å²) in [4.78, 5) is 11.8. The van der Waals surface area contributed by atoms with Crippen LogP contribution in [0.5, 0.6) is 5.75 Å². The molecule has 0 bridgehead atoms. The van der Waals surface area contributed by atoms with E-state index in [1.54, 1.807) is 42.6 Å². The molecule has 0 saturated carbocycles. The molecule has 0 aromatic heterocycles. The normalized spacial score (nSPS) is 10.7. The highest BCUT2D eigenvalue weighted by Crippen LogP contribution is 2.21. The summed E-state index contributed by atoms with van der Waals surface area (Å²) < 4.78 is 0. The van der Waals surface area contributed by atoms with Gasteiger partial charge in [-0.3, -0.25) is 4.79 Å². The smallest absolute Gasteiger partial charge is 0.271 e. The molecule has 0 saturated heterocycles. The van der Waals surface area contributed by atoms with Crippen LogP contribution in [0.2, 0.25) is 0 Å². The Labute approximate surface area is 117 Å². The zero-order valence-electron chi connectivity index (χ0n) is 11.4. The van der Waals surface area contributed by atoms with E-state index in [-0.39, 0.29) is 11.7 Å². The van der Waals surface area contributed by atoms with Crippen molar-refractivity contribution in [1.82, 2.24) is 5.43 Å². The molecule has 2 N–H and O–H groups in total. The SMILES string of the molecule is Cc1cc(/C=N\NC(=O)c2ccccc2)cc(C)c1O. The summed E-state index contributed by atoms with van der Waals surface area (Å²) in [5, 5.41) is 13.6. The minimum atomic E-state index is -0.255. The maximum atomic E-state index is 11.8. The highest BCUT2D eigenvalue weighted by Gasteiger charge is 2.03. The van der Waals surface area contributed by atoms with E-state index in [0.717, 1.165) is 16.7 Å². The first kappa shape index (κ1) is 13.8. The van der Waals surface area contributed by atoms with Gasteiger partial charge >= 0.3 is 0 Å². The van der Waals surface area contributed by atoms with Crippen LogP contribution in [0.4, 0.5) is 0 Å². The number of hydrogen-bond acceptors (Lipinski definition) is 3. The fraction of sp³-hybridized carbons (Fsp3) is 0.125. The van der Waals surface area contributed by atoms with Gasteiger partial charge in [0, 0.05) is 5.56 Å². The van der Waals surface area contributed by atoms with E-state index in [9.17, 15) is 9.90 Å². The van der Waals surface area contributed by atoms with Gasteiger partial charge < -0.3 is 5.11 Å². The molecular weight excluding hydrogens is 252 g/mol. The topological polar surface area (TPSA) is 61.7 Å². The Bertz CT molecular complexity index is 626. The molecular formula is C16H16N2O2. The quantitative estimate of drug-likeness (QED) is 0.664. The van der Waals surface area contributed by atoms with Crippen LogP contribution in [0.25, 0.3) is 0 Å². The monoisotopic (exact) mass is 268 g/mol. The van der Waals surface area contributed by atoms with E-state index in [1.165, 1.54) is 0 Å². The lowest BCUT2D eigenvalue weighted by molar-refractivity contribution is 0.0955. The van der Waals surface area contributed by atoms with Crippen molar-refractivity contribution < 1.29 is 9.90 Å². The summed E-state index contributed by atoms with van der Waals surface area (Å²) in [5.41, 5.74) is 5.41. The molecule has 2 aromatic rings. The van der Waals surface area contributed by atoms with Crippen molar-refractivity contribution in [3.8, 4) is 5.75 Å². The molecule has 4 heteroatoms. The third-order valence-electron chi connectivity index (χ3n) is 2.93. The van der Waals surface area contributed by atoms with E-state index in [4.69, 9.17) is 0 Å². The Hall–Kier alpha value is -2.62. The number of benzene rings is 2. The van der Waals surface area contributed by atoms with E-state index in [0.29, 0.717) is 5.56 Å². The van der Waals surface area contributed by atoms with E-state index >= 15 is 0 Å². The zero-order chi connectivity index (χ0) is 14.5. The number of rotatable bonds is 3. The number of nitrogens with one attached hydrogen (secondary N) is 1. The second-order valence-electron chi connectivity index (χ2n) is 4.57. The fourth-order valence-electron chi connectivity index (χ4n) is 1.88. The van der Waals surface area contributed by atoms with Crippen LogP contribution < -0.4 is 5.43 Å². The molecule has 0 atom stereocenters. The van der Waals surface area contributed by atoms with Gasteiger partial charge in [-0.1, -0.05) is 18.2 Å². The lowest BCUT2D eigenvalue weighted by Crippen LogP contribution is -2.17. The molecule has 0 aliphatic heterocycles. The molecule has 2 aromatic carbocycles. The molecule has 102 valence electrons. The van der Waals surface area contributed by atoms with Gasteiger partial charge in [0.2, 0.25) is 0 Å². The van der Waals surface area contributed by atoms with Gasteiger partial charge in [-0.25, -0.2) is 5.43 Å². The molecule has 0 unspecified atom stereocenters. The number of aromatic hydroxyl groups is 1. The summed E-state index contributed by atoms with van der Waals surface area (Å²) in [6.07, 6.45) is 1.56. The Kier molecular flexibility index (Phi) is 4.15.